The molecule has 2 heterocycles. The highest BCUT2D eigenvalue weighted by Gasteiger charge is 2.46. The van der Waals surface area contributed by atoms with Gasteiger partial charge >= 0.3 is 0 Å². The number of rotatable bonds is 11. The largest absolute Gasteiger partial charge is 0.341 e. The van der Waals surface area contributed by atoms with E-state index in [-0.39, 0.29) is 5.92 Å². The standard InChI is InChI=1S/C26H46N2O/c1-5-8-10-13-24(14-11-9-6-2)15-12-18-27-19-16-26(17-20-27)21-28(22-26)25(29)23(4)7-3/h23-24H,5-11,13-14,16-22H2,1-4H3. The van der Waals surface area contributed by atoms with Crippen LogP contribution in [0.4, 0.5) is 0 Å². The summed E-state index contributed by atoms with van der Waals surface area (Å²) < 4.78 is 0. The molecule has 2 fully saturated rings. The summed E-state index contributed by atoms with van der Waals surface area (Å²) in [6, 6.07) is 0. The Morgan fingerprint density at radius 2 is 1.55 bits per heavy atom. The molecular weight excluding hydrogens is 356 g/mol. The monoisotopic (exact) mass is 402 g/mol. The fourth-order valence-electron chi connectivity index (χ4n) is 4.78. The molecule has 0 aliphatic carbocycles. The zero-order chi connectivity index (χ0) is 21.1. The SMILES string of the molecule is CCCCCC(C#CCN1CCC2(CC1)CN(C(=O)C(C)CC)C2)CCCCC. The average molecular weight is 403 g/mol. The highest BCUT2D eigenvalue weighted by molar-refractivity contribution is 5.79. The third kappa shape index (κ3) is 7.63. The number of nitrogens with zero attached hydrogens (tertiary/aromatic N) is 2. The van der Waals surface area contributed by atoms with Gasteiger partial charge in [0.25, 0.3) is 0 Å². The Labute approximate surface area is 181 Å². The van der Waals surface area contributed by atoms with Gasteiger partial charge in [-0.2, -0.15) is 0 Å². The smallest absolute Gasteiger partial charge is 0.225 e. The fraction of sp³-hybridized carbons (Fsp3) is 0.885. The van der Waals surface area contributed by atoms with Crippen molar-refractivity contribution < 1.29 is 4.79 Å². The van der Waals surface area contributed by atoms with E-state index in [1.165, 1.54) is 64.2 Å². The maximum Gasteiger partial charge on any atom is 0.225 e. The minimum absolute atomic E-state index is 0.185. The van der Waals surface area contributed by atoms with E-state index in [9.17, 15) is 4.79 Å². The molecule has 0 radical (unpaired) electrons. The summed E-state index contributed by atoms with van der Waals surface area (Å²) in [6.45, 7) is 13.9. The minimum Gasteiger partial charge on any atom is -0.341 e. The highest BCUT2D eigenvalue weighted by Crippen LogP contribution is 2.41. The van der Waals surface area contributed by atoms with Gasteiger partial charge in [-0.3, -0.25) is 9.69 Å². The maximum absolute atomic E-state index is 12.3. The first-order valence-electron chi connectivity index (χ1n) is 12.5. The van der Waals surface area contributed by atoms with Crippen LogP contribution in [0.15, 0.2) is 0 Å². The van der Waals surface area contributed by atoms with E-state index in [4.69, 9.17) is 0 Å². The van der Waals surface area contributed by atoms with Crippen molar-refractivity contribution in [2.45, 2.75) is 98.3 Å². The molecule has 1 amide bonds. The Hall–Kier alpha value is -1.01. The van der Waals surface area contributed by atoms with E-state index < -0.39 is 0 Å². The number of carbonyl (C=O) groups is 1. The summed E-state index contributed by atoms with van der Waals surface area (Å²) in [5.74, 6) is 8.32. The Bertz CT molecular complexity index is 521. The van der Waals surface area contributed by atoms with E-state index in [0.29, 0.717) is 17.2 Å². The zero-order valence-corrected chi connectivity index (χ0v) is 19.8. The predicted molar refractivity (Wildman–Crippen MR) is 124 cm³/mol. The molecular formula is C26H46N2O. The normalized spacial score (nSPS) is 19.7. The van der Waals surface area contributed by atoms with Crippen molar-refractivity contribution in [1.29, 1.82) is 0 Å². The summed E-state index contributed by atoms with van der Waals surface area (Å²) in [4.78, 5) is 17.0. The second-order valence-corrected chi connectivity index (χ2v) is 9.79. The lowest BCUT2D eigenvalue weighted by molar-refractivity contribution is -0.150. The molecule has 29 heavy (non-hydrogen) atoms. The van der Waals surface area contributed by atoms with Crippen molar-refractivity contribution in [1.82, 2.24) is 9.80 Å². The maximum atomic E-state index is 12.3. The number of piperidine rings is 1. The van der Waals surface area contributed by atoms with Crippen LogP contribution >= 0.6 is 0 Å². The van der Waals surface area contributed by atoms with Crippen LogP contribution in [0.25, 0.3) is 0 Å². The molecule has 0 aromatic carbocycles. The van der Waals surface area contributed by atoms with Gasteiger partial charge in [-0.15, -0.1) is 0 Å². The number of amides is 1. The Balaban J connectivity index is 1.71. The van der Waals surface area contributed by atoms with E-state index in [0.717, 1.165) is 39.1 Å². The molecule has 166 valence electrons. The highest BCUT2D eigenvalue weighted by atomic mass is 16.2. The van der Waals surface area contributed by atoms with Gasteiger partial charge < -0.3 is 4.90 Å². The van der Waals surface area contributed by atoms with Crippen LogP contribution in [0.1, 0.15) is 98.3 Å². The van der Waals surface area contributed by atoms with Gasteiger partial charge in [0.2, 0.25) is 5.91 Å². The van der Waals surface area contributed by atoms with E-state index in [1.54, 1.807) is 0 Å². The van der Waals surface area contributed by atoms with Crippen LogP contribution in [-0.2, 0) is 4.79 Å². The summed E-state index contributed by atoms with van der Waals surface area (Å²) >= 11 is 0. The Morgan fingerprint density at radius 3 is 2.07 bits per heavy atom. The third-order valence-electron chi connectivity index (χ3n) is 7.24. The molecule has 0 aromatic heterocycles. The van der Waals surface area contributed by atoms with Gasteiger partial charge in [-0.25, -0.2) is 0 Å². The first-order valence-corrected chi connectivity index (χ1v) is 12.5. The number of carbonyl (C=O) groups excluding carboxylic acids is 1. The average Bonchev–Trinajstić information content (AvgIpc) is 2.71. The molecule has 2 aliphatic rings. The first-order chi connectivity index (χ1) is 14.0. The second kappa shape index (κ2) is 12.6. The topological polar surface area (TPSA) is 23.6 Å². The number of hydrogen-bond donors (Lipinski definition) is 0. The molecule has 1 spiro atoms. The number of likely N-dealkylation sites (tertiary alicyclic amines) is 2. The van der Waals surface area contributed by atoms with Crippen LogP contribution < -0.4 is 0 Å². The van der Waals surface area contributed by atoms with Crippen LogP contribution in [0.2, 0.25) is 0 Å². The lowest BCUT2D eigenvalue weighted by Gasteiger charge is -2.54. The van der Waals surface area contributed by atoms with Gasteiger partial charge in [0, 0.05) is 30.3 Å². The van der Waals surface area contributed by atoms with Gasteiger partial charge in [-0.05, 0) is 45.2 Å². The Morgan fingerprint density at radius 1 is 0.966 bits per heavy atom. The number of hydrogen-bond acceptors (Lipinski definition) is 2. The molecule has 0 aromatic rings. The van der Waals surface area contributed by atoms with Crippen molar-refractivity contribution >= 4 is 5.91 Å². The van der Waals surface area contributed by atoms with Crippen LogP contribution in [0, 0.1) is 29.1 Å². The Kier molecular flexibility index (Phi) is 10.6. The van der Waals surface area contributed by atoms with Crippen molar-refractivity contribution in [2.75, 3.05) is 32.7 Å². The second-order valence-electron chi connectivity index (χ2n) is 9.79. The molecule has 2 rings (SSSR count). The van der Waals surface area contributed by atoms with E-state index in [2.05, 4.69) is 49.3 Å². The molecule has 1 unspecified atom stereocenters. The molecule has 3 nitrogen and oxygen atoms in total. The lowest BCUT2D eigenvalue weighted by Crippen LogP contribution is -2.62. The summed E-state index contributed by atoms with van der Waals surface area (Å²) in [6.07, 6.45) is 13.9. The minimum atomic E-state index is 0.185. The fourth-order valence-corrected chi connectivity index (χ4v) is 4.78. The third-order valence-corrected chi connectivity index (χ3v) is 7.24. The van der Waals surface area contributed by atoms with Gasteiger partial charge in [0.15, 0.2) is 0 Å². The van der Waals surface area contributed by atoms with Gasteiger partial charge in [0.1, 0.15) is 0 Å². The molecule has 3 heteroatoms. The van der Waals surface area contributed by atoms with Crippen molar-refractivity contribution in [3.05, 3.63) is 0 Å². The molecule has 0 N–H and O–H groups in total. The summed E-state index contributed by atoms with van der Waals surface area (Å²) in [5, 5.41) is 0. The van der Waals surface area contributed by atoms with Gasteiger partial charge in [0.05, 0.1) is 6.54 Å². The molecule has 2 aliphatic heterocycles. The molecule has 1 atom stereocenters. The van der Waals surface area contributed by atoms with Crippen molar-refractivity contribution in [3.8, 4) is 11.8 Å². The van der Waals surface area contributed by atoms with E-state index in [1.807, 2.05) is 0 Å². The summed E-state index contributed by atoms with van der Waals surface area (Å²) in [7, 11) is 0. The van der Waals surface area contributed by atoms with Crippen molar-refractivity contribution in [3.63, 3.8) is 0 Å². The number of unbranched alkanes of at least 4 members (excludes halogenated alkanes) is 4. The predicted octanol–water partition coefficient (Wildman–Crippen LogP) is 5.74. The van der Waals surface area contributed by atoms with Gasteiger partial charge in [-0.1, -0.05) is 78.1 Å². The summed E-state index contributed by atoms with van der Waals surface area (Å²) in [5.41, 5.74) is 0.413. The molecule has 0 saturated carbocycles. The first kappa shape index (κ1) is 24.3. The van der Waals surface area contributed by atoms with Crippen LogP contribution in [-0.4, -0.2) is 48.4 Å². The lowest BCUT2D eigenvalue weighted by atomic mass is 9.71. The molecule has 2 saturated heterocycles. The molecule has 0 bridgehead atoms. The van der Waals surface area contributed by atoms with Crippen LogP contribution in [0.3, 0.4) is 0 Å². The quantitative estimate of drug-likeness (QED) is 0.325. The van der Waals surface area contributed by atoms with Crippen molar-refractivity contribution in [2.24, 2.45) is 17.3 Å². The van der Waals surface area contributed by atoms with E-state index >= 15 is 0 Å². The zero-order valence-electron chi connectivity index (χ0n) is 19.8. The van der Waals surface area contributed by atoms with Crippen LogP contribution in [0.5, 0.6) is 0 Å².